The lowest BCUT2D eigenvalue weighted by Crippen LogP contribution is -2.55. The molecule has 7 nitrogen and oxygen atoms in total. The summed E-state index contributed by atoms with van der Waals surface area (Å²) in [6.45, 7) is 3.22. The molecule has 1 unspecified atom stereocenters. The molecule has 0 saturated carbocycles. The summed E-state index contributed by atoms with van der Waals surface area (Å²) in [4.78, 5) is 26.2. The molecule has 1 aromatic heterocycles. The smallest absolute Gasteiger partial charge is 0.406 e. The van der Waals surface area contributed by atoms with E-state index in [9.17, 15) is 28.0 Å². The maximum absolute atomic E-state index is 12.8. The summed E-state index contributed by atoms with van der Waals surface area (Å²) in [6.07, 6.45) is -3.04. The van der Waals surface area contributed by atoms with Crippen LogP contribution in [0.5, 0.6) is 5.75 Å². The van der Waals surface area contributed by atoms with Crippen molar-refractivity contribution < 1.29 is 27.5 Å². The molecule has 0 spiro atoms. The van der Waals surface area contributed by atoms with Gasteiger partial charge in [0, 0.05) is 12.2 Å². The highest BCUT2D eigenvalue weighted by molar-refractivity contribution is 7.08. The van der Waals surface area contributed by atoms with Gasteiger partial charge in [-0.2, -0.15) is 16.6 Å². The van der Waals surface area contributed by atoms with Crippen LogP contribution in [-0.4, -0.2) is 29.7 Å². The fourth-order valence-corrected chi connectivity index (χ4v) is 3.22. The predicted octanol–water partition coefficient (Wildman–Crippen LogP) is 4.01. The Kier molecular flexibility index (Phi) is 6.71. The van der Waals surface area contributed by atoms with Crippen LogP contribution in [0.25, 0.3) is 0 Å². The van der Waals surface area contributed by atoms with Crippen LogP contribution < -0.4 is 15.4 Å². The van der Waals surface area contributed by atoms with Gasteiger partial charge < -0.3 is 15.4 Å². The summed E-state index contributed by atoms with van der Waals surface area (Å²) in [5.41, 5.74) is -0.843. The number of nitriles is 1. The van der Waals surface area contributed by atoms with Crippen molar-refractivity contribution in [1.82, 2.24) is 10.2 Å². The number of carbonyl (C=O) groups is 2. The molecule has 11 heteroatoms. The van der Waals surface area contributed by atoms with Gasteiger partial charge in [-0.25, -0.2) is 9.69 Å². The summed E-state index contributed by atoms with van der Waals surface area (Å²) in [5, 5.41) is 17.6. The van der Waals surface area contributed by atoms with Crippen molar-refractivity contribution in [1.29, 1.82) is 5.26 Å². The molecule has 29 heavy (non-hydrogen) atoms. The Balaban J connectivity index is 2.16. The Hall–Kier alpha value is -3.26. The van der Waals surface area contributed by atoms with Crippen LogP contribution >= 0.6 is 11.3 Å². The minimum Gasteiger partial charge on any atom is -0.406 e. The van der Waals surface area contributed by atoms with E-state index >= 15 is 0 Å². The van der Waals surface area contributed by atoms with Gasteiger partial charge >= 0.3 is 12.4 Å². The molecule has 1 aromatic carbocycles. The Morgan fingerprint density at radius 2 is 1.90 bits per heavy atom. The summed E-state index contributed by atoms with van der Waals surface area (Å²) >= 11 is 1.32. The molecular weight excluding hydrogens is 409 g/mol. The first-order valence-corrected chi connectivity index (χ1v) is 9.22. The van der Waals surface area contributed by atoms with Gasteiger partial charge in [-0.15, -0.1) is 13.2 Å². The zero-order valence-corrected chi connectivity index (χ0v) is 16.2. The number of nitrogens with zero attached hydrogens (tertiary/aromatic N) is 2. The number of nitrogens with one attached hydrogen (secondary N) is 2. The third-order valence-electron chi connectivity index (χ3n) is 3.92. The van der Waals surface area contributed by atoms with E-state index < -0.39 is 29.6 Å². The summed E-state index contributed by atoms with van der Waals surface area (Å²) in [5.74, 6) is -1.06. The van der Waals surface area contributed by atoms with E-state index in [0.29, 0.717) is 5.56 Å². The molecule has 1 heterocycles. The number of rotatable bonds is 6. The monoisotopic (exact) mass is 426 g/mol. The standard InChI is InChI=1S/C18H17F3N4O3S/c1-3-25(11-22)15(26)17(2,12-8-9-29-10-12)24-16(27)23-13-4-6-14(7-5-13)28-18(19,20)21/h4-10H,3H2,1-2H3,(H2,23,24,27). The molecule has 2 rings (SSSR count). The van der Waals surface area contributed by atoms with Crippen molar-refractivity contribution in [2.45, 2.75) is 25.7 Å². The van der Waals surface area contributed by atoms with Crippen LogP contribution in [0.4, 0.5) is 23.7 Å². The van der Waals surface area contributed by atoms with Gasteiger partial charge in [-0.05, 0) is 60.5 Å². The fraction of sp³-hybridized carbons (Fsp3) is 0.278. The van der Waals surface area contributed by atoms with E-state index in [1.165, 1.54) is 30.4 Å². The summed E-state index contributed by atoms with van der Waals surface area (Å²) in [7, 11) is 0. The molecule has 3 amide bonds. The molecule has 0 aliphatic rings. The van der Waals surface area contributed by atoms with Crippen LogP contribution in [0.3, 0.4) is 0 Å². The maximum Gasteiger partial charge on any atom is 0.573 e. The van der Waals surface area contributed by atoms with Crippen LogP contribution in [0.1, 0.15) is 19.4 Å². The number of hydrogen-bond donors (Lipinski definition) is 2. The third kappa shape index (κ3) is 5.61. The normalized spacial score (nSPS) is 13.0. The van der Waals surface area contributed by atoms with Crippen molar-refractivity contribution in [2.24, 2.45) is 0 Å². The number of amides is 3. The summed E-state index contributed by atoms with van der Waals surface area (Å²) in [6, 6.07) is 5.40. The number of carbonyl (C=O) groups excluding carboxylic acids is 2. The Morgan fingerprint density at radius 3 is 2.38 bits per heavy atom. The molecular formula is C18H17F3N4O3S. The van der Waals surface area contributed by atoms with Gasteiger partial charge in [0.05, 0.1) is 0 Å². The van der Waals surface area contributed by atoms with Crippen LogP contribution in [-0.2, 0) is 10.3 Å². The lowest BCUT2D eigenvalue weighted by atomic mass is 9.93. The fourth-order valence-electron chi connectivity index (χ4n) is 2.46. The van der Waals surface area contributed by atoms with E-state index in [-0.39, 0.29) is 12.2 Å². The Morgan fingerprint density at radius 1 is 1.24 bits per heavy atom. The van der Waals surface area contributed by atoms with Gasteiger partial charge in [0.25, 0.3) is 5.91 Å². The minimum atomic E-state index is -4.82. The predicted molar refractivity (Wildman–Crippen MR) is 100.0 cm³/mol. The zero-order chi connectivity index (χ0) is 21.7. The number of thiophene rings is 1. The molecule has 154 valence electrons. The third-order valence-corrected chi connectivity index (χ3v) is 4.60. The second kappa shape index (κ2) is 8.83. The molecule has 0 fully saturated rings. The lowest BCUT2D eigenvalue weighted by Gasteiger charge is -2.31. The number of ether oxygens (including phenoxy) is 1. The first-order valence-electron chi connectivity index (χ1n) is 8.28. The van der Waals surface area contributed by atoms with Crippen LogP contribution in [0.2, 0.25) is 0 Å². The zero-order valence-electron chi connectivity index (χ0n) is 15.4. The number of likely N-dealkylation sites (N-methyl/N-ethyl adjacent to an activating group) is 1. The number of hydrogen-bond acceptors (Lipinski definition) is 5. The van der Waals surface area contributed by atoms with E-state index in [2.05, 4.69) is 15.4 Å². The van der Waals surface area contributed by atoms with Gasteiger partial charge in [-0.1, -0.05) is 0 Å². The highest BCUT2D eigenvalue weighted by atomic mass is 32.1. The maximum atomic E-state index is 12.8. The molecule has 0 aliphatic heterocycles. The van der Waals surface area contributed by atoms with Crippen molar-refractivity contribution in [3.05, 3.63) is 46.7 Å². The Bertz CT molecular complexity index is 895. The van der Waals surface area contributed by atoms with E-state index in [4.69, 9.17) is 0 Å². The average molecular weight is 426 g/mol. The SMILES string of the molecule is CCN(C#N)C(=O)C(C)(NC(=O)Nc1ccc(OC(F)(F)F)cc1)c1ccsc1. The second-order valence-electron chi connectivity index (χ2n) is 5.94. The lowest BCUT2D eigenvalue weighted by molar-refractivity contribution is -0.274. The Labute approximate surface area is 168 Å². The minimum absolute atomic E-state index is 0.124. The van der Waals surface area contributed by atoms with Gasteiger partial charge in [0.2, 0.25) is 0 Å². The van der Waals surface area contributed by atoms with Crippen LogP contribution in [0.15, 0.2) is 41.1 Å². The molecule has 1 atom stereocenters. The first-order chi connectivity index (χ1) is 13.6. The second-order valence-corrected chi connectivity index (χ2v) is 6.72. The van der Waals surface area contributed by atoms with Gasteiger partial charge in [-0.3, -0.25) is 4.79 Å². The quantitative estimate of drug-likeness (QED) is 0.539. The van der Waals surface area contributed by atoms with Crippen molar-refractivity contribution >= 4 is 29.0 Å². The van der Waals surface area contributed by atoms with Crippen LogP contribution in [0, 0.1) is 11.5 Å². The molecule has 2 aromatic rings. The van der Waals surface area contributed by atoms with E-state index in [1.54, 1.807) is 29.9 Å². The largest absolute Gasteiger partial charge is 0.573 e. The van der Waals surface area contributed by atoms with Crippen molar-refractivity contribution in [3.63, 3.8) is 0 Å². The molecule has 0 bridgehead atoms. The number of benzene rings is 1. The van der Waals surface area contributed by atoms with Gasteiger partial charge in [0.1, 0.15) is 11.3 Å². The molecule has 0 radical (unpaired) electrons. The number of urea groups is 1. The number of halogens is 3. The van der Waals surface area contributed by atoms with Gasteiger partial charge in [0.15, 0.2) is 6.19 Å². The first kappa shape index (κ1) is 22.0. The number of alkyl halides is 3. The summed E-state index contributed by atoms with van der Waals surface area (Å²) < 4.78 is 40.4. The van der Waals surface area contributed by atoms with E-state index in [0.717, 1.165) is 17.0 Å². The highest BCUT2D eigenvalue weighted by Gasteiger charge is 2.40. The molecule has 0 aliphatic carbocycles. The topological polar surface area (TPSA) is 94.5 Å². The number of anilines is 1. The molecule has 0 saturated heterocycles. The van der Waals surface area contributed by atoms with Crippen molar-refractivity contribution in [2.75, 3.05) is 11.9 Å². The van der Waals surface area contributed by atoms with Crippen molar-refractivity contribution in [3.8, 4) is 11.9 Å². The van der Waals surface area contributed by atoms with E-state index in [1.807, 2.05) is 0 Å². The highest BCUT2D eigenvalue weighted by Crippen LogP contribution is 2.27. The average Bonchev–Trinajstić information content (AvgIpc) is 3.18. The molecule has 2 N–H and O–H groups in total.